The highest BCUT2D eigenvalue weighted by Gasteiger charge is 2.05. The summed E-state index contributed by atoms with van der Waals surface area (Å²) in [4.78, 5) is 12.1. The van der Waals surface area contributed by atoms with Crippen molar-refractivity contribution in [3.8, 4) is 0 Å². The van der Waals surface area contributed by atoms with Gasteiger partial charge in [0.25, 0.3) is 0 Å². The fraction of sp³-hybridized carbons (Fsp3) is 0.118. The summed E-state index contributed by atoms with van der Waals surface area (Å²) in [5.41, 5.74) is 3.53. The van der Waals surface area contributed by atoms with Crippen LogP contribution in [0.25, 0.3) is 6.08 Å². The van der Waals surface area contributed by atoms with Crippen LogP contribution < -0.4 is 0 Å². The molecule has 0 aliphatic rings. The molecule has 0 radical (unpaired) electrons. The molecule has 0 amide bonds. The zero-order chi connectivity index (χ0) is 13.8. The molecule has 2 rings (SSSR count). The second-order valence-electron chi connectivity index (χ2n) is 4.57. The van der Waals surface area contributed by atoms with Gasteiger partial charge >= 0.3 is 0 Å². The van der Waals surface area contributed by atoms with Crippen LogP contribution in [-0.2, 0) is 0 Å². The van der Waals surface area contributed by atoms with E-state index in [1.807, 2.05) is 32.0 Å². The maximum atomic E-state index is 12.8. The number of aryl methyl sites for hydroxylation is 2. The average Bonchev–Trinajstić information content (AvgIpc) is 2.40. The Morgan fingerprint density at radius 3 is 2.42 bits per heavy atom. The Morgan fingerprint density at radius 2 is 1.74 bits per heavy atom. The van der Waals surface area contributed by atoms with E-state index in [9.17, 15) is 9.18 Å². The lowest BCUT2D eigenvalue weighted by Crippen LogP contribution is -1.98. The predicted molar refractivity (Wildman–Crippen MR) is 75.7 cm³/mol. The first-order valence-corrected chi connectivity index (χ1v) is 6.11. The number of carbonyl (C=O) groups excluding carboxylic acids is 1. The Hall–Kier alpha value is -2.22. The number of rotatable bonds is 3. The largest absolute Gasteiger partial charge is 0.289 e. The molecule has 0 aromatic heterocycles. The quantitative estimate of drug-likeness (QED) is 0.588. The van der Waals surface area contributed by atoms with Gasteiger partial charge in [-0.1, -0.05) is 35.9 Å². The van der Waals surface area contributed by atoms with Gasteiger partial charge in [0.05, 0.1) is 0 Å². The first-order chi connectivity index (χ1) is 9.06. The van der Waals surface area contributed by atoms with Crippen molar-refractivity contribution in [1.29, 1.82) is 0 Å². The molecule has 0 saturated carbocycles. The number of halogens is 1. The monoisotopic (exact) mass is 254 g/mol. The minimum Gasteiger partial charge on any atom is -0.289 e. The van der Waals surface area contributed by atoms with E-state index in [0.717, 1.165) is 16.7 Å². The van der Waals surface area contributed by atoms with Crippen LogP contribution in [-0.4, -0.2) is 5.78 Å². The third kappa shape index (κ3) is 3.38. The van der Waals surface area contributed by atoms with Crippen molar-refractivity contribution in [3.63, 3.8) is 0 Å². The normalized spacial score (nSPS) is 10.9. The lowest BCUT2D eigenvalue weighted by Gasteiger charge is -2.03. The summed E-state index contributed by atoms with van der Waals surface area (Å²) in [6.07, 6.45) is 3.22. The minimum absolute atomic E-state index is 0.0366. The molecular formula is C17H15FO. The fourth-order valence-electron chi connectivity index (χ4n) is 1.84. The van der Waals surface area contributed by atoms with Crippen LogP contribution in [0, 0.1) is 19.7 Å². The SMILES string of the molecule is Cc1ccc(C)c(C(=O)/C=C/c2ccc(F)cc2)c1. The summed E-state index contributed by atoms with van der Waals surface area (Å²) in [5.74, 6) is -0.316. The smallest absolute Gasteiger partial charge is 0.186 e. The summed E-state index contributed by atoms with van der Waals surface area (Å²) in [7, 11) is 0. The van der Waals surface area contributed by atoms with Crippen molar-refractivity contribution in [1.82, 2.24) is 0 Å². The summed E-state index contributed by atoms with van der Waals surface area (Å²) in [6.45, 7) is 3.87. The topological polar surface area (TPSA) is 17.1 Å². The van der Waals surface area contributed by atoms with Crippen LogP contribution >= 0.6 is 0 Å². The molecule has 96 valence electrons. The van der Waals surface area contributed by atoms with Gasteiger partial charge in [-0.2, -0.15) is 0 Å². The summed E-state index contributed by atoms with van der Waals surface area (Å²) < 4.78 is 12.8. The van der Waals surface area contributed by atoms with Gasteiger partial charge < -0.3 is 0 Å². The Morgan fingerprint density at radius 1 is 1.05 bits per heavy atom. The van der Waals surface area contributed by atoms with Crippen molar-refractivity contribution in [2.75, 3.05) is 0 Å². The van der Waals surface area contributed by atoms with Crippen LogP contribution in [0.2, 0.25) is 0 Å². The van der Waals surface area contributed by atoms with E-state index < -0.39 is 0 Å². The Bertz CT molecular complexity index is 624. The molecule has 1 nitrogen and oxygen atoms in total. The molecule has 0 aliphatic carbocycles. The minimum atomic E-state index is -0.280. The first kappa shape index (κ1) is 13.2. The molecule has 0 aliphatic heterocycles. The van der Waals surface area contributed by atoms with Crippen LogP contribution in [0.4, 0.5) is 4.39 Å². The van der Waals surface area contributed by atoms with Crippen molar-refractivity contribution >= 4 is 11.9 Å². The van der Waals surface area contributed by atoms with Gasteiger partial charge in [0.1, 0.15) is 5.82 Å². The van der Waals surface area contributed by atoms with E-state index in [1.165, 1.54) is 18.2 Å². The van der Waals surface area contributed by atoms with Crippen LogP contribution in [0.3, 0.4) is 0 Å². The van der Waals surface area contributed by atoms with Crippen LogP contribution in [0.5, 0.6) is 0 Å². The van der Waals surface area contributed by atoms with Crippen molar-refractivity contribution < 1.29 is 9.18 Å². The van der Waals surface area contributed by atoms with Gasteiger partial charge in [-0.05, 0) is 49.2 Å². The molecule has 0 bridgehead atoms. The van der Waals surface area contributed by atoms with Crippen LogP contribution in [0.1, 0.15) is 27.0 Å². The van der Waals surface area contributed by atoms with Gasteiger partial charge in [0.15, 0.2) is 5.78 Å². The molecule has 19 heavy (non-hydrogen) atoms. The molecule has 0 heterocycles. The van der Waals surface area contributed by atoms with Gasteiger partial charge in [-0.3, -0.25) is 4.79 Å². The van der Waals surface area contributed by atoms with Crippen molar-refractivity contribution in [3.05, 3.63) is 76.6 Å². The van der Waals surface area contributed by atoms with Crippen molar-refractivity contribution in [2.24, 2.45) is 0 Å². The molecule has 0 N–H and O–H groups in total. The fourth-order valence-corrected chi connectivity index (χ4v) is 1.84. The third-order valence-electron chi connectivity index (χ3n) is 2.96. The molecule has 0 spiro atoms. The predicted octanol–water partition coefficient (Wildman–Crippen LogP) is 4.34. The lowest BCUT2D eigenvalue weighted by atomic mass is 10.0. The van der Waals surface area contributed by atoms with E-state index in [1.54, 1.807) is 18.2 Å². The molecular weight excluding hydrogens is 239 g/mol. The maximum Gasteiger partial charge on any atom is 0.186 e. The lowest BCUT2D eigenvalue weighted by molar-refractivity contribution is 0.104. The summed E-state index contributed by atoms with van der Waals surface area (Å²) in [6, 6.07) is 11.8. The molecule has 2 heteroatoms. The number of carbonyl (C=O) groups is 1. The zero-order valence-corrected chi connectivity index (χ0v) is 11.0. The molecule has 0 fully saturated rings. The third-order valence-corrected chi connectivity index (χ3v) is 2.96. The maximum absolute atomic E-state index is 12.8. The number of benzene rings is 2. The standard InChI is InChI=1S/C17H15FO/c1-12-3-4-13(2)16(11-12)17(19)10-7-14-5-8-15(18)9-6-14/h3-11H,1-2H3/b10-7+. The van der Waals surface area contributed by atoms with Crippen LogP contribution in [0.15, 0.2) is 48.5 Å². The molecule has 0 unspecified atom stereocenters. The van der Waals surface area contributed by atoms with E-state index in [4.69, 9.17) is 0 Å². The highest BCUT2D eigenvalue weighted by atomic mass is 19.1. The zero-order valence-electron chi connectivity index (χ0n) is 11.0. The Kier molecular flexibility index (Phi) is 3.91. The second kappa shape index (κ2) is 5.61. The molecule has 0 saturated heterocycles. The molecule has 0 atom stereocenters. The summed E-state index contributed by atoms with van der Waals surface area (Å²) >= 11 is 0. The van der Waals surface area contributed by atoms with E-state index in [0.29, 0.717) is 5.56 Å². The van der Waals surface area contributed by atoms with Gasteiger partial charge in [-0.25, -0.2) is 4.39 Å². The number of allylic oxidation sites excluding steroid dienone is 1. The number of hydrogen-bond acceptors (Lipinski definition) is 1. The number of hydrogen-bond donors (Lipinski definition) is 0. The molecule has 2 aromatic rings. The second-order valence-corrected chi connectivity index (χ2v) is 4.57. The van der Waals surface area contributed by atoms with Gasteiger partial charge in [0, 0.05) is 5.56 Å². The highest BCUT2D eigenvalue weighted by molar-refractivity contribution is 6.07. The Labute approximate surface area is 112 Å². The summed E-state index contributed by atoms with van der Waals surface area (Å²) in [5, 5.41) is 0. The van der Waals surface area contributed by atoms with Gasteiger partial charge in [-0.15, -0.1) is 0 Å². The van der Waals surface area contributed by atoms with E-state index >= 15 is 0 Å². The number of ketones is 1. The first-order valence-electron chi connectivity index (χ1n) is 6.11. The van der Waals surface area contributed by atoms with Crippen molar-refractivity contribution in [2.45, 2.75) is 13.8 Å². The van der Waals surface area contributed by atoms with E-state index in [2.05, 4.69) is 0 Å². The molecule has 2 aromatic carbocycles. The van der Waals surface area contributed by atoms with Gasteiger partial charge in [0.2, 0.25) is 0 Å². The average molecular weight is 254 g/mol. The highest BCUT2D eigenvalue weighted by Crippen LogP contribution is 2.13. The Balaban J connectivity index is 2.21. The van der Waals surface area contributed by atoms with E-state index in [-0.39, 0.29) is 11.6 Å².